The summed E-state index contributed by atoms with van der Waals surface area (Å²) >= 11 is 5.41. The van der Waals surface area contributed by atoms with Gasteiger partial charge in [-0.15, -0.1) is 13.2 Å². The van der Waals surface area contributed by atoms with Gasteiger partial charge in [-0.3, -0.25) is 19.6 Å². The van der Waals surface area contributed by atoms with Crippen molar-refractivity contribution < 1.29 is 38.1 Å². The van der Waals surface area contributed by atoms with E-state index in [-0.39, 0.29) is 36.3 Å². The van der Waals surface area contributed by atoms with Gasteiger partial charge in [0, 0.05) is 44.1 Å². The van der Waals surface area contributed by atoms with E-state index in [0.717, 1.165) is 20.6 Å². The number of esters is 4. The summed E-state index contributed by atoms with van der Waals surface area (Å²) in [6.45, 7) is 15.6. The molecule has 0 radical (unpaired) electrons. The topological polar surface area (TPSA) is 131 Å². The molecule has 0 aliphatic heterocycles. The maximum Gasteiger partial charge on any atom is 0.348 e. The van der Waals surface area contributed by atoms with E-state index in [4.69, 9.17) is 36.1 Å². The highest BCUT2D eigenvalue weighted by atomic mass is 32.9. The molecule has 0 saturated carbocycles. The minimum Gasteiger partial charge on any atom is -0.449 e. The van der Waals surface area contributed by atoms with Crippen LogP contribution >= 0.6 is 32.9 Å². The average molecular weight is 733 g/mol. The second kappa shape index (κ2) is 16.7. The largest absolute Gasteiger partial charge is 0.449 e. The van der Waals surface area contributed by atoms with Crippen LogP contribution in [0.4, 0.5) is 0 Å². The molecule has 0 aliphatic carbocycles. The highest BCUT2D eigenvalue weighted by molar-refractivity contribution is 7.79. The second-order valence-corrected chi connectivity index (χ2v) is 14.1. The quantitative estimate of drug-likeness (QED) is 0.0409. The van der Waals surface area contributed by atoms with Crippen LogP contribution in [0.15, 0.2) is 73.2 Å². The van der Waals surface area contributed by atoms with Crippen molar-refractivity contribution in [3.63, 3.8) is 0 Å². The Morgan fingerprint density at radius 2 is 1.50 bits per heavy atom. The van der Waals surface area contributed by atoms with Gasteiger partial charge in [-0.2, -0.15) is 0 Å². The summed E-state index contributed by atoms with van der Waals surface area (Å²) in [6, 6.07) is 11.1. The lowest BCUT2D eigenvalue weighted by Gasteiger charge is -2.34. The van der Waals surface area contributed by atoms with E-state index in [1.165, 1.54) is 46.7 Å². The predicted octanol–water partition coefficient (Wildman–Crippen LogP) is 8.13. The molecule has 50 heavy (non-hydrogen) atoms. The van der Waals surface area contributed by atoms with Crippen molar-refractivity contribution in [1.29, 1.82) is 0 Å². The van der Waals surface area contributed by atoms with Gasteiger partial charge in [-0.05, 0) is 56.2 Å². The predicted molar refractivity (Wildman–Crippen MR) is 194 cm³/mol. The summed E-state index contributed by atoms with van der Waals surface area (Å²) in [5, 5.41) is 1.95. The molecular weight excluding hydrogens is 697 g/mol. The number of ether oxygens (including phenoxy) is 4. The molecule has 2 heterocycles. The number of benzene rings is 2. The Kier molecular flexibility index (Phi) is 12.7. The standard InChI is InChI=1S/C37H36N2O8S3/c1-8-16-37(17-9-2,33-23(5)38-21(3)22(4)39-33)47-35(43)32(19-26-10-15-30(44-24(6)40)31(18-26)45-25(7)41)46-34(42)28-13-11-27(12-14-28)29-20-49-50-36(29)48/h8-15,18,20,32H,1-2,16-17,19H2,3-7H3. The van der Waals surface area contributed by atoms with E-state index in [9.17, 15) is 19.2 Å². The number of nitrogens with zero attached hydrogens (tertiary/aromatic N) is 2. The minimum absolute atomic E-state index is 0.00101. The van der Waals surface area contributed by atoms with Crippen LogP contribution in [0, 0.1) is 24.6 Å². The van der Waals surface area contributed by atoms with E-state index >= 15 is 0 Å². The van der Waals surface area contributed by atoms with E-state index in [2.05, 4.69) is 18.1 Å². The van der Waals surface area contributed by atoms with E-state index < -0.39 is 35.6 Å². The third kappa shape index (κ3) is 9.23. The smallest absolute Gasteiger partial charge is 0.348 e. The summed E-state index contributed by atoms with van der Waals surface area (Å²) in [5.41, 5.74) is 3.34. The number of carbonyl (C=O) groups excluding carboxylic acids is 4. The Bertz CT molecular complexity index is 1990. The van der Waals surface area contributed by atoms with E-state index in [1.807, 2.05) is 19.2 Å². The monoisotopic (exact) mass is 732 g/mol. The van der Waals surface area contributed by atoms with Crippen LogP contribution in [0.25, 0.3) is 11.1 Å². The van der Waals surface area contributed by atoms with Crippen molar-refractivity contribution >= 4 is 56.8 Å². The van der Waals surface area contributed by atoms with E-state index in [0.29, 0.717) is 22.6 Å². The first kappa shape index (κ1) is 38.0. The highest BCUT2D eigenvalue weighted by Crippen LogP contribution is 2.37. The minimum atomic E-state index is -1.49. The molecule has 2 aromatic carbocycles. The Labute approximate surface area is 302 Å². The molecule has 2 aromatic heterocycles. The van der Waals surface area contributed by atoms with Gasteiger partial charge in [-0.1, -0.05) is 63.2 Å². The van der Waals surface area contributed by atoms with E-state index in [1.54, 1.807) is 49.4 Å². The molecule has 260 valence electrons. The molecule has 10 nitrogen and oxygen atoms in total. The molecular formula is C37H36N2O8S3. The Morgan fingerprint density at radius 1 is 0.880 bits per heavy atom. The fraction of sp³-hybridized carbons (Fsp3) is 0.270. The van der Waals surface area contributed by atoms with Gasteiger partial charge in [0.25, 0.3) is 0 Å². The zero-order chi connectivity index (χ0) is 36.6. The first-order chi connectivity index (χ1) is 23.8. The summed E-state index contributed by atoms with van der Waals surface area (Å²) < 4.78 is 23.4. The maximum absolute atomic E-state index is 14.3. The van der Waals surface area contributed by atoms with Gasteiger partial charge < -0.3 is 18.9 Å². The molecule has 0 saturated heterocycles. The van der Waals surface area contributed by atoms with Crippen LogP contribution in [0.3, 0.4) is 0 Å². The zero-order valence-electron chi connectivity index (χ0n) is 28.3. The van der Waals surface area contributed by atoms with Gasteiger partial charge in [0.2, 0.25) is 6.10 Å². The number of carbonyl (C=O) groups is 4. The molecule has 1 atom stereocenters. The van der Waals surface area contributed by atoms with Crippen molar-refractivity contribution in [3.05, 3.63) is 111 Å². The SMILES string of the molecule is C=CCC(CC=C)(OC(=O)C(Cc1ccc(OC(C)=O)c(OC(C)=O)c1)OC(=O)c1ccc(-c2cssc2=S)cc1)c1nc(C)c(C)nc1C. The van der Waals surface area contributed by atoms with Crippen molar-refractivity contribution in [2.24, 2.45) is 0 Å². The number of hydrogen-bond donors (Lipinski definition) is 0. The molecule has 0 aliphatic rings. The van der Waals surface area contributed by atoms with Crippen molar-refractivity contribution in [2.45, 2.75) is 65.6 Å². The van der Waals surface area contributed by atoms with Gasteiger partial charge in [0.05, 0.1) is 22.6 Å². The third-order valence-corrected chi connectivity index (χ3v) is 10.2. The number of aromatic nitrogens is 2. The lowest BCUT2D eigenvalue weighted by molar-refractivity contribution is -0.172. The zero-order valence-corrected chi connectivity index (χ0v) is 30.7. The van der Waals surface area contributed by atoms with Gasteiger partial charge in [0.15, 0.2) is 17.1 Å². The van der Waals surface area contributed by atoms with Crippen molar-refractivity contribution in [2.75, 3.05) is 0 Å². The molecule has 13 heteroatoms. The molecule has 4 aromatic rings. The average Bonchev–Trinajstić information content (AvgIpc) is 3.49. The first-order valence-corrected chi connectivity index (χ1v) is 18.0. The lowest BCUT2D eigenvalue weighted by atomic mass is 9.89. The number of rotatable bonds is 14. The van der Waals surface area contributed by atoms with Crippen LogP contribution in [-0.2, 0) is 35.9 Å². The van der Waals surface area contributed by atoms with Crippen LogP contribution in [0.2, 0.25) is 0 Å². The van der Waals surface area contributed by atoms with Crippen LogP contribution < -0.4 is 9.47 Å². The molecule has 0 fully saturated rings. The van der Waals surface area contributed by atoms with Crippen LogP contribution in [0.1, 0.15) is 65.4 Å². The van der Waals surface area contributed by atoms with Gasteiger partial charge >= 0.3 is 23.9 Å². The number of hydrogen-bond acceptors (Lipinski definition) is 13. The second-order valence-electron chi connectivity index (χ2n) is 11.4. The summed E-state index contributed by atoms with van der Waals surface area (Å²) in [5.74, 6) is -2.98. The Morgan fingerprint density at radius 3 is 2.08 bits per heavy atom. The molecule has 0 spiro atoms. The van der Waals surface area contributed by atoms with Crippen LogP contribution in [-0.4, -0.2) is 39.9 Å². The van der Waals surface area contributed by atoms with Gasteiger partial charge in [-0.25, -0.2) is 9.59 Å². The molecule has 4 rings (SSSR count). The Hall–Kier alpha value is -4.85. The summed E-state index contributed by atoms with van der Waals surface area (Å²) in [6.07, 6.45) is 1.86. The molecule has 0 bridgehead atoms. The van der Waals surface area contributed by atoms with Crippen LogP contribution in [0.5, 0.6) is 11.5 Å². The fourth-order valence-corrected chi connectivity index (χ4v) is 7.59. The first-order valence-electron chi connectivity index (χ1n) is 15.4. The summed E-state index contributed by atoms with van der Waals surface area (Å²) in [7, 11) is 3.01. The highest BCUT2D eigenvalue weighted by Gasteiger charge is 2.41. The van der Waals surface area contributed by atoms with Crippen molar-refractivity contribution in [3.8, 4) is 22.6 Å². The van der Waals surface area contributed by atoms with Gasteiger partial charge in [0.1, 0.15) is 9.52 Å². The molecule has 0 amide bonds. The maximum atomic E-state index is 14.3. The number of aryl methyl sites for hydroxylation is 3. The fourth-order valence-electron chi connectivity index (χ4n) is 5.20. The summed E-state index contributed by atoms with van der Waals surface area (Å²) in [4.78, 5) is 60.8. The van der Waals surface area contributed by atoms with Crippen molar-refractivity contribution in [1.82, 2.24) is 9.97 Å². The molecule has 1 unspecified atom stereocenters. The Balaban J connectivity index is 1.75. The normalized spacial score (nSPS) is 11.6. The third-order valence-electron chi connectivity index (χ3n) is 7.55. The lowest BCUT2D eigenvalue weighted by Crippen LogP contribution is -2.40. The molecule has 0 N–H and O–H groups in total.